The first-order valence-corrected chi connectivity index (χ1v) is 6.73. The summed E-state index contributed by atoms with van der Waals surface area (Å²) >= 11 is 0. The van der Waals surface area contributed by atoms with Gasteiger partial charge in [0.1, 0.15) is 5.82 Å². The number of alkyl halides is 3. The second kappa shape index (κ2) is 6.76. The highest BCUT2D eigenvalue weighted by Crippen LogP contribution is 2.30. The number of anilines is 2. The van der Waals surface area contributed by atoms with Crippen molar-refractivity contribution in [1.29, 1.82) is 0 Å². The molecule has 1 aromatic heterocycles. The molecule has 0 aromatic carbocycles. The highest BCUT2D eigenvalue weighted by Gasteiger charge is 2.34. The van der Waals surface area contributed by atoms with Gasteiger partial charge in [0.15, 0.2) is 5.69 Å². The zero-order valence-corrected chi connectivity index (χ0v) is 12.3. The molecule has 0 radical (unpaired) electrons. The standard InChI is InChI=1S/C13H21F3N4/c1-5-17-12-18-10(13(14,15)16)7-11(19-12)20(6-2)8-9(3)4/h7,9H,5-6,8H2,1-4H3,(H,17,18,19). The van der Waals surface area contributed by atoms with Crippen molar-refractivity contribution in [1.82, 2.24) is 9.97 Å². The topological polar surface area (TPSA) is 41.1 Å². The van der Waals surface area contributed by atoms with Crippen LogP contribution < -0.4 is 10.2 Å². The predicted molar refractivity (Wildman–Crippen MR) is 73.9 cm³/mol. The van der Waals surface area contributed by atoms with Crippen LogP contribution in [0.5, 0.6) is 0 Å². The lowest BCUT2D eigenvalue weighted by Gasteiger charge is -2.25. The first-order valence-electron chi connectivity index (χ1n) is 6.73. The summed E-state index contributed by atoms with van der Waals surface area (Å²) in [6, 6.07) is 1.01. The van der Waals surface area contributed by atoms with Gasteiger partial charge < -0.3 is 10.2 Å². The molecule has 0 unspecified atom stereocenters. The molecule has 0 aliphatic carbocycles. The molecule has 0 amide bonds. The molecule has 0 fully saturated rings. The second-order valence-electron chi connectivity index (χ2n) is 4.90. The van der Waals surface area contributed by atoms with E-state index in [1.807, 2.05) is 25.7 Å². The van der Waals surface area contributed by atoms with E-state index in [1.54, 1.807) is 6.92 Å². The molecule has 0 aliphatic heterocycles. The van der Waals surface area contributed by atoms with Gasteiger partial charge in [-0.15, -0.1) is 0 Å². The van der Waals surface area contributed by atoms with Crippen molar-refractivity contribution in [2.75, 3.05) is 29.9 Å². The molecular weight excluding hydrogens is 269 g/mol. The number of aromatic nitrogens is 2. The van der Waals surface area contributed by atoms with Crippen LogP contribution in [0, 0.1) is 5.92 Å². The van der Waals surface area contributed by atoms with Gasteiger partial charge in [-0.05, 0) is 19.8 Å². The van der Waals surface area contributed by atoms with E-state index in [0.29, 0.717) is 31.4 Å². The molecule has 0 saturated heterocycles. The van der Waals surface area contributed by atoms with Gasteiger partial charge in [0.25, 0.3) is 0 Å². The lowest BCUT2D eigenvalue weighted by Crippen LogP contribution is -2.29. The van der Waals surface area contributed by atoms with Gasteiger partial charge in [0.05, 0.1) is 0 Å². The minimum atomic E-state index is -4.47. The molecule has 1 rings (SSSR count). The summed E-state index contributed by atoms with van der Waals surface area (Å²) in [4.78, 5) is 9.50. The van der Waals surface area contributed by atoms with E-state index in [9.17, 15) is 13.2 Å². The van der Waals surface area contributed by atoms with Crippen LogP contribution in [-0.2, 0) is 6.18 Å². The van der Waals surface area contributed by atoms with E-state index in [4.69, 9.17) is 0 Å². The monoisotopic (exact) mass is 290 g/mol. The Bertz CT molecular complexity index is 432. The molecule has 7 heteroatoms. The van der Waals surface area contributed by atoms with Crippen LogP contribution in [0.3, 0.4) is 0 Å². The molecular formula is C13H21F3N4. The zero-order valence-electron chi connectivity index (χ0n) is 12.3. The third-order valence-electron chi connectivity index (χ3n) is 2.63. The SMILES string of the molecule is CCNc1nc(N(CC)CC(C)C)cc(C(F)(F)F)n1. The Balaban J connectivity index is 3.19. The number of halogens is 3. The van der Waals surface area contributed by atoms with E-state index in [1.165, 1.54) is 0 Å². The Morgan fingerprint density at radius 1 is 1.25 bits per heavy atom. The normalized spacial score (nSPS) is 11.8. The molecule has 1 aromatic rings. The van der Waals surface area contributed by atoms with Crippen LogP contribution in [-0.4, -0.2) is 29.6 Å². The number of nitrogens with zero attached hydrogens (tertiary/aromatic N) is 3. The first kappa shape index (κ1) is 16.5. The molecule has 1 N–H and O–H groups in total. The first-order chi connectivity index (χ1) is 9.27. The predicted octanol–water partition coefficient (Wildman–Crippen LogP) is 3.41. The Hall–Kier alpha value is -1.53. The van der Waals surface area contributed by atoms with Crippen molar-refractivity contribution in [3.05, 3.63) is 11.8 Å². The van der Waals surface area contributed by atoms with E-state index in [2.05, 4.69) is 15.3 Å². The average molecular weight is 290 g/mol. The van der Waals surface area contributed by atoms with Crippen LogP contribution in [0.4, 0.5) is 24.9 Å². The molecule has 114 valence electrons. The van der Waals surface area contributed by atoms with Gasteiger partial charge in [0, 0.05) is 25.7 Å². The molecule has 0 spiro atoms. The summed E-state index contributed by atoms with van der Waals surface area (Å²) in [6.45, 7) is 9.42. The molecule has 20 heavy (non-hydrogen) atoms. The van der Waals surface area contributed by atoms with E-state index < -0.39 is 11.9 Å². The lowest BCUT2D eigenvalue weighted by atomic mass is 10.2. The Labute approximate surface area is 117 Å². The van der Waals surface area contributed by atoms with Gasteiger partial charge in [0.2, 0.25) is 5.95 Å². The Morgan fingerprint density at radius 2 is 1.90 bits per heavy atom. The summed E-state index contributed by atoms with van der Waals surface area (Å²) in [6.07, 6.45) is -4.47. The van der Waals surface area contributed by atoms with E-state index in [-0.39, 0.29) is 5.95 Å². The summed E-state index contributed by atoms with van der Waals surface area (Å²) in [5.41, 5.74) is -0.916. The van der Waals surface area contributed by atoms with Gasteiger partial charge in [-0.3, -0.25) is 0 Å². The summed E-state index contributed by atoms with van der Waals surface area (Å²) in [5.74, 6) is 0.654. The van der Waals surface area contributed by atoms with Crippen LogP contribution in [0.2, 0.25) is 0 Å². The summed E-state index contributed by atoms with van der Waals surface area (Å²) in [7, 11) is 0. The maximum atomic E-state index is 12.9. The fraction of sp³-hybridized carbons (Fsp3) is 0.692. The summed E-state index contributed by atoms with van der Waals surface area (Å²) in [5, 5.41) is 2.74. The van der Waals surface area contributed by atoms with E-state index in [0.717, 1.165) is 6.07 Å². The van der Waals surface area contributed by atoms with Crippen molar-refractivity contribution in [2.24, 2.45) is 5.92 Å². The third kappa shape index (κ3) is 4.54. The number of hydrogen-bond donors (Lipinski definition) is 1. The smallest absolute Gasteiger partial charge is 0.356 e. The Kier molecular flexibility index (Phi) is 5.59. The molecule has 0 aliphatic rings. The van der Waals surface area contributed by atoms with Crippen molar-refractivity contribution in [3.8, 4) is 0 Å². The van der Waals surface area contributed by atoms with Crippen LogP contribution in [0.15, 0.2) is 6.07 Å². The largest absolute Gasteiger partial charge is 0.433 e. The third-order valence-corrected chi connectivity index (χ3v) is 2.63. The Morgan fingerprint density at radius 3 is 2.35 bits per heavy atom. The number of rotatable bonds is 6. The fourth-order valence-corrected chi connectivity index (χ4v) is 1.80. The molecule has 0 atom stereocenters. The maximum absolute atomic E-state index is 12.9. The fourth-order valence-electron chi connectivity index (χ4n) is 1.80. The van der Waals surface area contributed by atoms with Crippen molar-refractivity contribution in [3.63, 3.8) is 0 Å². The van der Waals surface area contributed by atoms with Crippen molar-refractivity contribution < 1.29 is 13.2 Å². The lowest BCUT2D eigenvalue weighted by molar-refractivity contribution is -0.141. The minimum Gasteiger partial charge on any atom is -0.356 e. The van der Waals surface area contributed by atoms with Gasteiger partial charge in [-0.1, -0.05) is 13.8 Å². The highest BCUT2D eigenvalue weighted by molar-refractivity contribution is 5.45. The van der Waals surface area contributed by atoms with Gasteiger partial charge >= 0.3 is 6.18 Å². The summed E-state index contributed by atoms with van der Waals surface area (Å²) < 4.78 is 38.6. The van der Waals surface area contributed by atoms with Crippen LogP contribution >= 0.6 is 0 Å². The molecule has 0 bridgehead atoms. The highest BCUT2D eigenvalue weighted by atomic mass is 19.4. The number of hydrogen-bond acceptors (Lipinski definition) is 4. The van der Waals surface area contributed by atoms with E-state index >= 15 is 0 Å². The van der Waals surface area contributed by atoms with Crippen LogP contribution in [0.25, 0.3) is 0 Å². The molecule has 1 heterocycles. The quantitative estimate of drug-likeness (QED) is 0.871. The minimum absolute atomic E-state index is 0.0135. The maximum Gasteiger partial charge on any atom is 0.433 e. The molecule has 0 saturated carbocycles. The van der Waals surface area contributed by atoms with Gasteiger partial charge in [-0.2, -0.15) is 18.2 Å². The number of nitrogens with one attached hydrogen (secondary N) is 1. The van der Waals surface area contributed by atoms with Crippen molar-refractivity contribution >= 4 is 11.8 Å². The van der Waals surface area contributed by atoms with Crippen LogP contribution in [0.1, 0.15) is 33.4 Å². The second-order valence-corrected chi connectivity index (χ2v) is 4.90. The van der Waals surface area contributed by atoms with Crippen molar-refractivity contribution in [2.45, 2.75) is 33.9 Å². The zero-order chi connectivity index (χ0) is 15.3. The van der Waals surface area contributed by atoms with Gasteiger partial charge in [-0.25, -0.2) is 4.98 Å². The molecule has 4 nitrogen and oxygen atoms in total. The average Bonchev–Trinajstić information content (AvgIpc) is 2.34.